The number of rotatable bonds is 6. The van der Waals surface area contributed by atoms with Gasteiger partial charge in [0.2, 0.25) is 29.5 Å². The highest BCUT2D eigenvalue weighted by Gasteiger charge is 2.37. The Bertz CT molecular complexity index is 1380. The fraction of sp³-hybridized carbons (Fsp3) is 0.520. The highest BCUT2D eigenvalue weighted by atomic mass is 32.2. The Morgan fingerprint density at radius 1 is 0.870 bits per heavy atom. The third kappa shape index (κ3) is 15.4. The van der Waals surface area contributed by atoms with E-state index in [9.17, 15) is 41.9 Å². The second-order valence-corrected chi connectivity index (χ2v) is 13.4. The van der Waals surface area contributed by atoms with Gasteiger partial charge in [0.1, 0.15) is 11.8 Å². The zero-order valence-electron chi connectivity index (χ0n) is 24.9. The number of carbonyl (C=O) groups excluding carboxylic acids is 6. The number of nitrogens with one attached hydrogen (secondary N) is 6. The standard InChI is InChI=1S/C24H35N7O6S.CHF3O3S/c1-38(2)14-15-6-7-16-9-17(15)23(36)29-12-21(34)27-10-19(32)26-11-20(33)28-13-22(35)31-18(24(37)30-16)5-3-4-8-25;2-1(3,4)8(5,6)7/h6-7,9,18H,3-5,8,10-14,25H2,1-2H3,(H5-,26,27,28,29,30,31,32,33,34,35,36,37);(H,5,6,7)/t18-;/m0./s1. The first-order chi connectivity index (χ1) is 21.3. The second-order valence-electron chi connectivity index (χ2n) is 9.81. The summed E-state index contributed by atoms with van der Waals surface area (Å²) in [6, 6.07) is 4.03. The minimum Gasteiger partial charge on any atom is -0.741 e. The van der Waals surface area contributed by atoms with E-state index in [0.717, 1.165) is 5.56 Å². The third-order valence-electron chi connectivity index (χ3n) is 5.70. The summed E-state index contributed by atoms with van der Waals surface area (Å²) in [6.07, 6.45) is 5.60. The Balaban J connectivity index is 0.00000116. The van der Waals surface area contributed by atoms with Gasteiger partial charge in [-0.15, -0.1) is 0 Å². The molecule has 2 rings (SSSR count). The maximum absolute atomic E-state index is 13.1. The number of hydrogen-bond donors (Lipinski definition) is 7. The molecule has 1 aliphatic heterocycles. The lowest BCUT2D eigenvalue weighted by Crippen LogP contribution is -2.49. The van der Waals surface area contributed by atoms with Crippen molar-refractivity contribution >= 4 is 62.1 Å². The predicted octanol–water partition coefficient (Wildman–Crippen LogP) is -2.24. The number of halogens is 3. The van der Waals surface area contributed by atoms with Crippen LogP contribution < -0.4 is 37.6 Å². The molecule has 1 heterocycles. The number of anilines is 1. The molecule has 0 aliphatic carbocycles. The van der Waals surface area contributed by atoms with Gasteiger partial charge in [-0.2, -0.15) is 13.2 Å². The van der Waals surface area contributed by atoms with Crippen LogP contribution in [0.3, 0.4) is 0 Å². The van der Waals surface area contributed by atoms with Gasteiger partial charge in [0.05, 0.1) is 38.7 Å². The molecule has 0 spiro atoms. The highest BCUT2D eigenvalue weighted by molar-refractivity contribution is 7.94. The van der Waals surface area contributed by atoms with E-state index < -0.39 is 76.7 Å². The average Bonchev–Trinajstić information content (AvgIpc) is 2.95. The van der Waals surface area contributed by atoms with Crippen LogP contribution in [0.15, 0.2) is 18.2 Å². The lowest BCUT2D eigenvalue weighted by molar-refractivity contribution is -0.129. The molecule has 1 aromatic carbocycles. The topological polar surface area (TPSA) is 258 Å². The average molecular weight is 700 g/mol. The molecule has 16 nitrogen and oxygen atoms in total. The molecule has 0 radical (unpaired) electrons. The number of unbranched alkanes of at least 4 members (excludes halogenated alkanes) is 1. The summed E-state index contributed by atoms with van der Waals surface area (Å²) in [5.41, 5.74) is 1.31. The molecule has 1 aromatic rings. The molecule has 0 aromatic heterocycles. The Morgan fingerprint density at radius 2 is 1.37 bits per heavy atom. The fourth-order valence-electron chi connectivity index (χ4n) is 3.52. The van der Waals surface area contributed by atoms with Crippen molar-refractivity contribution in [2.45, 2.75) is 36.6 Å². The van der Waals surface area contributed by atoms with Crippen LogP contribution in [0.2, 0.25) is 0 Å². The van der Waals surface area contributed by atoms with E-state index >= 15 is 0 Å². The van der Waals surface area contributed by atoms with E-state index in [1.807, 2.05) is 12.5 Å². The van der Waals surface area contributed by atoms with Gasteiger partial charge >= 0.3 is 5.51 Å². The smallest absolute Gasteiger partial charge is 0.485 e. The van der Waals surface area contributed by atoms with E-state index in [4.69, 9.17) is 18.7 Å². The highest BCUT2D eigenvalue weighted by Crippen LogP contribution is 2.21. The molecule has 6 amide bonds. The molecule has 2 bridgehead atoms. The van der Waals surface area contributed by atoms with Gasteiger partial charge in [0.25, 0.3) is 5.91 Å². The first kappa shape index (κ1) is 40.1. The largest absolute Gasteiger partial charge is 0.741 e. The zero-order chi connectivity index (χ0) is 35.1. The van der Waals surface area contributed by atoms with E-state index in [2.05, 4.69) is 31.9 Å². The van der Waals surface area contributed by atoms with Crippen molar-refractivity contribution in [3.63, 3.8) is 0 Å². The van der Waals surface area contributed by atoms with Crippen molar-refractivity contribution in [3.8, 4) is 0 Å². The molecule has 1 atom stereocenters. The lowest BCUT2D eigenvalue weighted by atomic mass is 10.1. The van der Waals surface area contributed by atoms with Crippen LogP contribution in [0.4, 0.5) is 18.9 Å². The third-order valence-corrected chi connectivity index (χ3v) is 7.15. The maximum Gasteiger partial charge on any atom is 0.485 e. The number of hydrogen-bond acceptors (Lipinski definition) is 10. The van der Waals surface area contributed by atoms with Crippen molar-refractivity contribution in [1.29, 1.82) is 0 Å². The van der Waals surface area contributed by atoms with Crippen LogP contribution in [0.5, 0.6) is 0 Å². The van der Waals surface area contributed by atoms with Crippen molar-refractivity contribution in [2.24, 2.45) is 5.73 Å². The Labute approximate surface area is 265 Å². The Kier molecular flexibility index (Phi) is 16.5. The molecular weight excluding hydrogens is 663 g/mol. The van der Waals surface area contributed by atoms with Gasteiger partial charge in [-0.3, -0.25) is 28.8 Å². The van der Waals surface area contributed by atoms with Gasteiger partial charge in [0.15, 0.2) is 10.1 Å². The van der Waals surface area contributed by atoms with Crippen LogP contribution in [-0.2, 0) is 50.7 Å². The SMILES string of the molecule is C[S+](C)Cc1ccc2cc1C(=O)NCC(=O)NCC(=O)NCC(=O)NCC(=O)N[C@@H](CCCCN)C(=O)N2.O=S(=O)([O-])C(F)(F)F. The lowest BCUT2D eigenvalue weighted by Gasteiger charge is -2.19. The maximum atomic E-state index is 13.1. The number of benzene rings is 1. The van der Waals surface area contributed by atoms with Crippen molar-refractivity contribution in [3.05, 3.63) is 29.3 Å². The van der Waals surface area contributed by atoms with Crippen LogP contribution in [0.1, 0.15) is 35.2 Å². The van der Waals surface area contributed by atoms with E-state index in [-0.39, 0.29) is 17.4 Å². The fourth-order valence-corrected chi connectivity index (χ4v) is 4.39. The number of carbonyl (C=O) groups is 6. The molecule has 0 fully saturated rings. The van der Waals surface area contributed by atoms with Crippen molar-refractivity contribution in [1.82, 2.24) is 26.6 Å². The molecule has 1 aliphatic rings. The van der Waals surface area contributed by atoms with Crippen molar-refractivity contribution in [2.75, 3.05) is 50.6 Å². The van der Waals surface area contributed by atoms with E-state index in [1.165, 1.54) is 6.07 Å². The predicted molar refractivity (Wildman–Crippen MR) is 160 cm³/mol. The minimum absolute atomic E-state index is 0.0296. The van der Waals surface area contributed by atoms with Gasteiger partial charge in [-0.25, -0.2) is 8.42 Å². The number of fused-ring (bicyclic) bond motifs is 2. The number of alkyl halides is 3. The van der Waals surface area contributed by atoms with Gasteiger partial charge in [-0.05, 0) is 48.8 Å². The molecule has 0 saturated carbocycles. The Morgan fingerprint density at radius 3 is 1.85 bits per heavy atom. The zero-order valence-corrected chi connectivity index (χ0v) is 26.5. The van der Waals surface area contributed by atoms with Crippen LogP contribution in [0, 0.1) is 0 Å². The normalized spacial score (nSPS) is 17.7. The quantitative estimate of drug-likeness (QED) is 0.0727. The molecule has 21 heteroatoms. The van der Waals surface area contributed by atoms with E-state index in [0.29, 0.717) is 42.8 Å². The molecule has 258 valence electrons. The molecule has 0 unspecified atom stereocenters. The van der Waals surface area contributed by atoms with Gasteiger partial charge in [0, 0.05) is 16.8 Å². The van der Waals surface area contributed by atoms with Gasteiger partial charge < -0.3 is 42.2 Å². The summed E-state index contributed by atoms with van der Waals surface area (Å²) in [7, 11) is -6.12. The summed E-state index contributed by atoms with van der Waals surface area (Å²) in [6.45, 7) is -1.15. The summed E-state index contributed by atoms with van der Waals surface area (Å²) in [4.78, 5) is 74.5. The van der Waals surface area contributed by atoms with E-state index in [1.54, 1.807) is 12.1 Å². The molecule has 46 heavy (non-hydrogen) atoms. The number of nitrogens with two attached hydrogens (primary N) is 1. The number of amides is 6. The van der Waals surface area contributed by atoms with Gasteiger partial charge in [-0.1, -0.05) is 6.07 Å². The van der Waals surface area contributed by atoms with Crippen LogP contribution >= 0.6 is 0 Å². The Hall–Kier alpha value is -3.95. The summed E-state index contributed by atoms with van der Waals surface area (Å²) >= 11 is 0. The monoisotopic (exact) mass is 699 g/mol. The van der Waals surface area contributed by atoms with Crippen molar-refractivity contribution < 1.29 is 54.9 Å². The summed E-state index contributed by atoms with van der Waals surface area (Å²) < 4.78 is 58.9. The first-order valence-corrected chi connectivity index (χ1v) is 17.0. The minimum atomic E-state index is -6.09. The van der Waals surface area contributed by atoms with Crippen LogP contribution in [-0.4, -0.2) is 105 Å². The molecule has 8 N–H and O–H groups in total. The summed E-state index contributed by atoms with van der Waals surface area (Å²) in [5.74, 6) is -2.82. The second kappa shape index (κ2) is 18.9. The summed E-state index contributed by atoms with van der Waals surface area (Å²) in [5, 5.41) is 14.9. The molecular formula is C25H36F3N7O9S2. The molecule has 0 saturated heterocycles. The van der Waals surface area contributed by atoms with Crippen LogP contribution in [0.25, 0.3) is 0 Å². The first-order valence-electron chi connectivity index (χ1n) is 13.4.